The van der Waals surface area contributed by atoms with Crippen molar-refractivity contribution in [2.75, 3.05) is 0 Å². The highest BCUT2D eigenvalue weighted by Crippen LogP contribution is 2.28. The van der Waals surface area contributed by atoms with E-state index >= 15 is 0 Å². The monoisotopic (exact) mass is 237 g/mol. The Morgan fingerprint density at radius 3 is 2.47 bits per heavy atom. The van der Waals surface area contributed by atoms with Gasteiger partial charge in [0, 0.05) is 0 Å². The van der Waals surface area contributed by atoms with Gasteiger partial charge in [0.15, 0.2) is 0 Å². The normalized spacial score (nSPS) is 9.93. The van der Waals surface area contributed by atoms with Crippen molar-refractivity contribution in [2.24, 2.45) is 0 Å². The van der Waals surface area contributed by atoms with Gasteiger partial charge >= 0.3 is 0 Å². The van der Waals surface area contributed by atoms with Crippen molar-refractivity contribution >= 4 is 23.2 Å². The minimum Gasteiger partial charge on any atom is -0.220 e. The van der Waals surface area contributed by atoms with E-state index in [0.717, 1.165) is 0 Å². The number of hydrogen-bond acceptors (Lipinski definition) is 2. The summed E-state index contributed by atoms with van der Waals surface area (Å²) in [7, 11) is 0. The van der Waals surface area contributed by atoms with Gasteiger partial charge in [-0.2, -0.15) is 10.4 Å². The van der Waals surface area contributed by atoms with Crippen molar-refractivity contribution in [3.63, 3.8) is 0 Å². The molecule has 5 heteroatoms. The van der Waals surface area contributed by atoms with E-state index in [9.17, 15) is 0 Å². The summed E-state index contributed by atoms with van der Waals surface area (Å²) in [6.07, 6.45) is 1.53. The van der Waals surface area contributed by atoms with Crippen LogP contribution in [0.5, 0.6) is 0 Å². The van der Waals surface area contributed by atoms with Crippen LogP contribution < -0.4 is 0 Å². The first-order chi connectivity index (χ1) is 7.24. The van der Waals surface area contributed by atoms with E-state index < -0.39 is 0 Å². The maximum atomic E-state index is 8.85. The van der Waals surface area contributed by atoms with Crippen molar-refractivity contribution in [3.05, 3.63) is 46.2 Å². The summed E-state index contributed by atoms with van der Waals surface area (Å²) in [6, 6.07) is 8.75. The summed E-state index contributed by atoms with van der Waals surface area (Å²) in [5.74, 6) is 0. The molecule has 0 atom stereocenters. The van der Waals surface area contributed by atoms with E-state index in [2.05, 4.69) is 5.10 Å². The second-order valence-electron chi connectivity index (χ2n) is 2.81. The van der Waals surface area contributed by atoms with Gasteiger partial charge in [-0.1, -0.05) is 29.3 Å². The molecule has 2 rings (SSSR count). The molecule has 0 bridgehead atoms. The van der Waals surface area contributed by atoms with Crippen LogP contribution in [0.3, 0.4) is 0 Å². The Morgan fingerprint density at radius 2 is 1.87 bits per heavy atom. The van der Waals surface area contributed by atoms with Gasteiger partial charge in [-0.25, -0.2) is 4.68 Å². The molecule has 0 amide bonds. The molecule has 2 aromatic rings. The van der Waals surface area contributed by atoms with E-state index in [1.165, 1.54) is 10.9 Å². The molecule has 15 heavy (non-hydrogen) atoms. The maximum absolute atomic E-state index is 8.85. The van der Waals surface area contributed by atoms with Crippen LogP contribution in [-0.2, 0) is 0 Å². The topological polar surface area (TPSA) is 41.6 Å². The third-order valence-electron chi connectivity index (χ3n) is 1.91. The number of nitrogens with zero attached hydrogens (tertiary/aromatic N) is 3. The predicted octanol–water partition coefficient (Wildman–Crippen LogP) is 3.05. The summed E-state index contributed by atoms with van der Waals surface area (Å²) in [6.45, 7) is 0. The van der Waals surface area contributed by atoms with Gasteiger partial charge in [0.25, 0.3) is 0 Å². The lowest BCUT2D eigenvalue weighted by Gasteiger charge is -2.07. The largest absolute Gasteiger partial charge is 0.220 e. The number of para-hydroxylation sites is 1. The number of hydrogen-bond donors (Lipinski definition) is 0. The van der Waals surface area contributed by atoms with E-state index in [1.807, 2.05) is 6.07 Å². The first-order valence-electron chi connectivity index (χ1n) is 4.12. The van der Waals surface area contributed by atoms with Gasteiger partial charge in [0.2, 0.25) is 0 Å². The Hall–Kier alpha value is -1.50. The molecule has 1 heterocycles. The van der Waals surface area contributed by atoms with Crippen molar-refractivity contribution in [2.45, 2.75) is 0 Å². The number of nitriles is 1. The summed E-state index contributed by atoms with van der Waals surface area (Å²) >= 11 is 12.0. The summed E-state index contributed by atoms with van der Waals surface area (Å²) in [5, 5.41) is 13.8. The molecular formula is C10H5Cl2N3. The molecule has 1 aromatic carbocycles. The molecule has 3 nitrogen and oxygen atoms in total. The first kappa shape index (κ1) is 10.0. The lowest BCUT2D eigenvalue weighted by atomic mass is 10.3. The second kappa shape index (κ2) is 3.93. The molecule has 0 aliphatic rings. The molecule has 0 spiro atoms. The molecule has 0 saturated carbocycles. The number of aromatic nitrogens is 2. The molecule has 0 unspecified atom stereocenters. The Labute approximate surface area is 96.5 Å². The van der Waals surface area contributed by atoms with Crippen LogP contribution in [0, 0.1) is 11.3 Å². The van der Waals surface area contributed by atoms with Crippen LogP contribution in [0.25, 0.3) is 5.69 Å². The highest BCUT2D eigenvalue weighted by atomic mass is 35.5. The molecule has 0 aliphatic heterocycles. The van der Waals surface area contributed by atoms with Crippen LogP contribution in [0.2, 0.25) is 10.0 Å². The number of rotatable bonds is 1. The Bertz CT molecular complexity index is 520. The van der Waals surface area contributed by atoms with Gasteiger partial charge in [-0.05, 0) is 18.2 Å². The fraction of sp³-hybridized carbons (Fsp3) is 0. The van der Waals surface area contributed by atoms with E-state index in [0.29, 0.717) is 21.4 Å². The zero-order chi connectivity index (χ0) is 10.8. The summed E-state index contributed by atoms with van der Waals surface area (Å²) < 4.78 is 1.42. The van der Waals surface area contributed by atoms with Gasteiger partial charge < -0.3 is 0 Å². The van der Waals surface area contributed by atoms with E-state index in [1.54, 1.807) is 24.3 Å². The smallest absolute Gasteiger partial charge is 0.144 e. The quantitative estimate of drug-likeness (QED) is 0.766. The van der Waals surface area contributed by atoms with E-state index in [4.69, 9.17) is 28.5 Å². The number of halogens is 2. The third-order valence-corrected chi connectivity index (χ3v) is 2.52. The third kappa shape index (κ3) is 1.70. The molecule has 0 fully saturated rings. The van der Waals surface area contributed by atoms with Crippen LogP contribution in [0.15, 0.2) is 30.5 Å². The summed E-state index contributed by atoms with van der Waals surface area (Å²) in [4.78, 5) is 0. The molecule has 0 radical (unpaired) electrons. The summed E-state index contributed by atoms with van der Waals surface area (Å²) in [5.41, 5.74) is 0.924. The first-order valence-corrected chi connectivity index (χ1v) is 4.88. The Morgan fingerprint density at radius 1 is 1.20 bits per heavy atom. The molecule has 0 saturated heterocycles. The highest BCUT2D eigenvalue weighted by Gasteiger charge is 2.11. The minimum absolute atomic E-state index is 0.394. The van der Waals surface area contributed by atoms with Gasteiger partial charge in [0.1, 0.15) is 17.5 Å². The standard InChI is InChI=1S/C10H5Cl2N3/c11-8-2-1-3-9(12)10(8)15-7(6-13)4-5-14-15/h1-5H. The molecule has 74 valence electrons. The number of benzene rings is 1. The van der Waals surface area contributed by atoms with Crippen molar-refractivity contribution in [3.8, 4) is 11.8 Å². The Balaban J connectivity index is 2.70. The second-order valence-corrected chi connectivity index (χ2v) is 3.62. The van der Waals surface area contributed by atoms with E-state index in [-0.39, 0.29) is 0 Å². The zero-order valence-electron chi connectivity index (χ0n) is 7.48. The van der Waals surface area contributed by atoms with Crippen molar-refractivity contribution in [1.82, 2.24) is 9.78 Å². The van der Waals surface area contributed by atoms with Crippen molar-refractivity contribution in [1.29, 1.82) is 5.26 Å². The molecule has 0 N–H and O–H groups in total. The highest BCUT2D eigenvalue weighted by molar-refractivity contribution is 6.37. The van der Waals surface area contributed by atoms with Crippen molar-refractivity contribution < 1.29 is 0 Å². The van der Waals surface area contributed by atoms with Crippen LogP contribution in [-0.4, -0.2) is 9.78 Å². The lowest BCUT2D eigenvalue weighted by Crippen LogP contribution is -2.00. The average molecular weight is 238 g/mol. The molecule has 1 aromatic heterocycles. The van der Waals surface area contributed by atoms with Gasteiger partial charge in [-0.3, -0.25) is 0 Å². The van der Waals surface area contributed by atoms with Crippen LogP contribution in [0.1, 0.15) is 5.69 Å². The minimum atomic E-state index is 0.394. The van der Waals surface area contributed by atoms with Gasteiger partial charge in [0.05, 0.1) is 16.2 Å². The maximum Gasteiger partial charge on any atom is 0.144 e. The van der Waals surface area contributed by atoms with Crippen LogP contribution in [0.4, 0.5) is 0 Å². The average Bonchev–Trinajstić information content (AvgIpc) is 2.65. The van der Waals surface area contributed by atoms with Crippen LogP contribution >= 0.6 is 23.2 Å². The Kier molecular flexibility index (Phi) is 2.63. The SMILES string of the molecule is N#Cc1ccnn1-c1c(Cl)cccc1Cl. The molecule has 0 aliphatic carbocycles. The van der Waals surface area contributed by atoms with Gasteiger partial charge in [-0.15, -0.1) is 0 Å². The fourth-order valence-electron chi connectivity index (χ4n) is 1.26. The zero-order valence-corrected chi connectivity index (χ0v) is 9.00. The lowest BCUT2D eigenvalue weighted by molar-refractivity contribution is 0.867. The predicted molar refractivity (Wildman–Crippen MR) is 58.3 cm³/mol. The molecular weight excluding hydrogens is 233 g/mol. The fourth-order valence-corrected chi connectivity index (χ4v) is 1.82.